The molecule has 0 fully saturated rings. The van der Waals surface area contributed by atoms with Gasteiger partial charge in [-0.2, -0.15) is 13.2 Å². The molecule has 5 nitrogen and oxygen atoms in total. The van der Waals surface area contributed by atoms with Crippen molar-refractivity contribution < 1.29 is 22.7 Å². The lowest BCUT2D eigenvalue weighted by molar-refractivity contribution is -0.137. The minimum absolute atomic E-state index is 0.109. The summed E-state index contributed by atoms with van der Waals surface area (Å²) >= 11 is 0. The van der Waals surface area contributed by atoms with E-state index in [1.165, 1.54) is 6.20 Å². The molecule has 1 aromatic heterocycles. The number of pyridine rings is 1. The van der Waals surface area contributed by atoms with Crippen LogP contribution in [-0.4, -0.2) is 17.9 Å². The number of alkyl halides is 3. The first-order valence-electron chi connectivity index (χ1n) is 8.25. The lowest BCUT2D eigenvalue weighted by Crippen LogP contribution is -2.13. The summed E-state index contributed by atoms with van der Waals surface area (Å²) in [6.07, 6.45) is -3.04. The van der Waals surface area contributed by atoms with Crippen LogP contribution >= 0.6 is 0 Å². The molecule has 3 aromatic rings. The highest BCUT2D eigenvalue weighted by Crippen LogP contribution is 2.29. The van der Waals surface area contributed by atoms with Gasteiger partial charge in [-0.05, 0) is 54.6 Å². The molecule has 0 saturated carbocycles. The van der Waals surface area contributed by atoms with Crippen LogP contribution in [0.2, 0.25) is 0 Å². The summed E-state index contributed by atoms with van der Waals surface area (Å²) in [6, 6.07) is 14.4. The van der Waals surface area contributed by atoms with Gasteiger partial charge in [-0.1, -0.05) is 0 Å². The Kier molecular flexibility index (Phi) is 5.49. The Morgan fingerprint density at radius 3 is 2.11 bits per heavy atom. The molecule has 3 rings (SSSR count). The summed E-state index contributed by atoms with van der Waals surface area (Å²) in [5, 5.41) is 5.58. The second-order valence-electron chi connectivity index (χ2n) is 5.79. The van der Waals surface area contributed by atoms with Crippen LogP contribution in [0, 0.1) is 0 Å². The van der Waals surface area contributed by atoms with Crippen LogP contribution in [0.4, 0.5) is 24.5 Å². The first-order chi connectivity index (χ1) is 13.3. The van der Waals surface area contributed by atoms with Crippen LogP contribution in [0.3, 0.4) is 0 Å². The van der Waals surface area contributed by atoms with Gasteiger partial charge in [0.2, 0.25) is 5.88 Å². The lowest BCUT2D eigenvalue weighted by Gasteiger charge is -2.09. The van der Waals surface area contributed by atoms with Gasteiger partial charge in [0.05, 0.1) is 17.4 Å². The highest BCUT2D eigenvalue weighted by atomic mass is 19.4. The summed E-state index contributed by atoms with van der Waals surface area (Å²) in [4.78, 5) is 16.3. The van der Waals surface area contributed by atoms with Gasteiger partial charge < -0.3 is 15.4 Å². The number of benzene rings is 2. The Balaban J connectivity index is 1.62. The van der Waals surface area contributed by atoms with Crippen molar-refractivity contribution >= 4 is 17.3 Å². The Morgan fingerprint density at radius 2 is 1.57 bits per heavy atom. The third kappa shape index (κ3) is 4.79. The Labute approximate surface area is 159 Å². The van der Waals surface area contributed by atoms with Crippen molar-refractivity contribution in [2.75, 3.05) is 17.7 Å². The van der Waals surface area contributed by atoms with Crippen molar-refractivity contribution in [3.8, 4) is 11.6 Å². The van der Waals surface area contributed by atoms with Gasteiger partial charge in [0, 0.05) is 24.4 Å². The van der Waals surface area contributed by atoms with Crippen molar-refractivity contribution in [3.63, 3.8) is 0 Å². The van der Waals surface area contributed by atoms with Crippen molar-refractivity contribution in [3.05, 3.63) is 78.0 Å². The average Bonchev–Trinajstić information content (AvgIpc) is 2.69. The number of amides is 1. The summed E-state index contributed by atoms with van der Waals surface area (Å²) < 4.78 is 43.3. The third-order valence-electron chi connectivity index (χ3n) is 3.83. The molecule has 1 amide bonds. The van der Waals surface area contributed by atoms with Gasteiger partial charge in [-0.25, -0.2) is 4.98 Å². The van der Waals surface area contributed by atoms with E-state index in [0.29, 0.717) is 17.3 Å². The smallest absolute Gasteiger partial charge is 0.416 e. The van der Waals surface area contributed by atoms with Crippen LogP contribution in [0.1, 0.15) is 15.9 Å². The van der Waals surface area contributed by atoms with E-state index in [2.05, 4.69) is 15.6 Å². The second kappa shape index (κ2) is 7.99. The lowest BCUT2D eigenvalue weighted by atomic mass is 10.1. The monoisotopic (exact) mass is 387 g/mol. The SMILES string of the molecule is CNc1ccc(Oc2ccc(NC(=O)c3ccc(C(F)(F)F)cc3)cn2)cc1. The largest absolute Gasteiger partial charge is 0.439 e. The molecule has 0 bridgehead atoms. The van der Waals surface area contributed by atoms with E-state index in [0.717, 1.165) is 30.0 Å². The van der Waals surface area contributed by atoms with E-state index in [4.69, 9.17) is 4.74 Å². The first-order valence-corrected chi connectivity index (χ1v) is 8.25. The third-order valence-corrected chi connectivity index (χ3v) is 3.83. The van der Waals surface area contributed by atoms with Gasteiger partial charge in [-0.3, -0.25) is 4.79 Å². The standard InChI is InChI=1S/C20H16F3N3O2/c1-24-15-6-9-17(10-7-15)28-18-11-8-16(12-25-18)26-19(27)13-2-4-14(5-3-13)20(21,22)23/h2-12,24H,1H3,(H,26,27). The number of hydrogen-bond acceptors (Lipinski definition) is 4. The van der Waals surface area contributed by atoms with E-state index in [1.807, 2.05) is 19.2 Å². The highest BCUT2D eigenvalue weighted by Gasteiger charge is 2.30. The predicted octanol–water partition coefficient (Wildman–Crippen LogP) is 5.19. The molecule has 0 aliphatic heterocycles. The maximum atomic E-state index is 12.6. The number of nitrogens with one attached hydrogen (secondary N) is 2. The summed E-state index contributed by atoms with van der Waals surface area (Å²) in [5.74, 6) is 0.407. The second-order valence-corrected chi connectivity index (χ2v) is 5.79. The fourth-order valence-corrected chi connectivity index (χ4v) is 2.34. The van der Waals surface area contributed by atoms with Crippen LogP contribution < -0.4 is 15.4 Å². The van der Waals surface area contributed by atoms with Crippen LogP contribution in [0.15, 0.2) is 66.9 Å². The molecule has 0 aliphatic rings. The average molecular weight is 387 g/mol. The molecular weight excluding hydrogens is 371 g/mol. The van der Waals surface area contributed by atoms with Crippen molar-refractivity contribution in [2.45, 2.75) is 6.18 Å². The minimum atomic E-state index is -4.44. The molecule has 28 heavy (non-hydrogen) atoms. The topological polar surface area (TPSA) is 63.2 Å². The molecule has 1 heterocycles. The number of nitrogens with zero attached hydrogens (tertiary/aromatic N) is 1. The van der Waals surface area contributed by atoms with Gasteiger partial charge in [0.15, 0.2) is 0 Å². The number of carbonyl (C=O) groups excluding carboxylic acids is 1. The minimum Gasteiger partial charge on any atom is -0.439 e. The molecule has 0 saturated heterocycles. The molecule has 0 atom stereocenters. The predicted molar refractivity (Wildman–Crippen MR) is 99.7 cm³/mol. The van der Waals surface area contributed by atoms with E-state index in [9.17, 15) is 18.0 Å². The molecule has 0 radical (unpaired) electrons. The number of anilines is 2. The van der Waals surface area contributed by atoms with Crippen molar-refractivity contribution in [1.29, 1.82) is 0 Å². The Hall–Kier alpha value is -3.55. The summed E-state index contributed by atoms with van der Waals surface area (Å²) in [6.45, 7) is 0. The number of hydrogen-bond donors (Lipinski definition) is 2. The molecule has 0 aliphatic carbocycles. The molecule has 2 N–H and O–H groups in total. The molecule has 2 aromatic carbocycles. The van der Waals surface area contributed by atoms with Crippen LogP contribution in [0.25, 0.3) is 0 Å². The number of aromatic nitrogens is 1. The summed E-state index contributed by atoms with van der Waals surface area (Å²) in [5.41, 5.74) is 0.636. The van der Waals surface area contributed by atoms with Gasteiger partial charge in [-0.15, -0.1) is 0 Å². The fourth-order valence-electron chi connectivity index (χ4n) is 2.34. The molecular formula is C20H16F3N3O2. The van der Waals surface area contributed by atoms with E-state index in [-0.39, 0.29) is 5.56 Å². The Morgan fingerprint density at radius 1 is 0.929 bits per heavy atom. The summed E-state index contributed by atoms with van der Waals surface area (Å²) in [7, 11) is 1.81. The first kappa shape index (κ1) is 19.2. The quantitative estimate of drug-likeness (QED) is 0.633. The number of halogens is 3. The van der Waals surface area contributed by atoms with E-state index in [1.54, 1.807) is 24.3 Å². The van der Waals surface area contributed by atoms with Gasteiger partial charge >= 0.3 is 6.18 Å². The van der Waals surface area contributed by atoms with E-state index < -0.39 is 17.6 Å². The van der Waals surface area contributed by atoms with Crippen LogP contribution in [0.5, 0.6) is 11.6 Å². The maximum absolute atomic E-state index is 12.6. The molecule has 144 valence electrons. The molecule has 8 heteroatoms. The number of carbonyl (C=O) groups is 1. The fraction of sp³-hybridized carbons (Fsp3) is 0.100. The highest BCUT2D eigenvalue weighted by molar-refractivity contribution is 6.04. The molecule has 0 spiro atoms. The number of rotatable bonds is 5. The normalized spacial score (nSPS) is 11.0. The number of ether oxygens (including phenoxy) is 1. The maximum Gasteiger partial charge on any atom is 0.416 e. The van der Waals surface area contributed by atoms with Crippen molar-refractivity contribution in [2.24, 2.45) is 0 Å². The Bertz CT molecular complexity index is 938. The zero-order chi connectivity index (χ0) is 20.1. The van der Waals surface area contributed by atoms with Crippen LogP contribution in [-0.2, 0) is 6.18 Å². The van der Waals surface area contributed by atoms with E-state index >= 15 is 0 Å². The van der Waals surface area contributed by atoms with Crippen molar-refractivity contribution in [1.82, 2.24) is 4.98 Å². The zero-order valence-electron chi connectivity index (χ0n) is 14.7. The van der Waals surface area contributed by atoms with Gasteiger partial charge in [0.25, 0.3) is 5.91 Å². The van der Waals surface area contributed by atoms with Gasteiger partial charge in [0.1, 0.15) is 5.75 Å². The molecule has 0 unspecified atom stereocenters. The zero-order valence-corrected chi connectivity index (χ0v) is 14.7.